The predicted octanol–water partition coefficient (Wildman–Crippen LogP) is 4.97. The molecule has 1 aromatic heterocycles. The van der Waals surface area contributed by atoms with Crippen molar-refractivity contribution in [2.24, 2.45) is 0 Å². The molecule has 0 radical (unpaired) electrons. The maximum Gasteiger partial charge on any atom is 0.341 e. The van der Waals surface area contributed by atoms with Crippen molar-refractivity contribution in [3.05, 3.63) is 65.5 Å². The summed E-state index contributed by atoms with van der Waals surface area (Å²) in [6.07, 6.45) is 2.24. The Morgan fingerprint density at radius 3 is 2.48 bits per heavy atom. The molecule has 1 fully saturated rings. The van der Waals surface area contributed by atoms with Gasteiger partial charge in [-0.25, -0.2) is 4.79 Å². The summed E-state index contributed by atoms with van der Waals surface area (Å²) < 4.78 is 10.9. The molecule has 1 saturated heterocycles. The Balaban J connectivity index is 1.50. The molecule has 1 atom stereocenters. The van der Waals surface area contributed by atoms with Gasteiger partial charge in [0.1, 0.15) is 10.6 Å². The number of carbonyl (C=O) groups excluding carboxylic acids is 2. The van der Waals surface area contributed by atoms with Crippen molar-refractivity contribution in [1.82, 2.24) is 5.32 Å². The Kier molecular flexibility index (Phi) is 7.88. The summed E-state index contributed by atoms with van der Waals surface area (Å²) in [6.45, 7) is 3.61. The van der Waals surface area contributed by atoms with Crippen molar-refractivity contribution >= 4 is 28.2 Å². The average molecular weight is 465 g/mol. The molecule has 0 unspecified atom stereocenters. The Hall–Kier alpha value is -3.00. The maximum atomic E-state index is 12.8. The number of anilines is 1. The molecule has 1 amide bonds. The summed E-state index contributed by atoms with van der Waals surface area (Å²) in [5, 5.41) is 8.40. The van der Waals surface area contributed by atoms with E-state index >= 15 is 0 Å². The Bertz CT molecular complexity index is 1070. The van der Waals surface area contributed by atoms with Gasteiger partial charge < -0.3 is 20.1 Å². The van der Waals surface area contributed by atoms with Crippen molar-refractivity contribution in [2.75, 3.05) is 31.6 Å². The van der Waals surface area contributed by atoms with Gasteiger partial charge in [0.2, 0.25) is 5.91 Å². The van der Waals surface area contributed by atoms with Crippen LogP contribution in [0.1, 0.15) is 30.1 Å². The van der Waals surface area contributed by atoms with E-state index in [0.29, 0.717) is 17.1 Å². The van der Waals surface area contributed by atoms with Gasteiger partial charge in [0.05, 0.1) is 19.3 Å². The van der Waals surface area contributed by atoms with Crippen LogP contribution < -0.4 is 10.6 Å². The SMILES string of the molecule is CCOC(=O)c1c(-c2ccc(-c3ccccc3)cc2)csc1NC(=O)CNC[C@H]1CCCO1. The summed E-state index contributed by atoms with van der Waals surface area (Å²) in [5.74, 6) is -0.644. The number of ether oxygens (including phenoxy) is 2. The van der Waals surface area contributed by atoms with Crippen molar-refractivity contribution in [2.45, 2.75) is 25.9 Å². The molecular weight excluding hydrogens is 436 g/mol. The monoisotopic (exact) mass is 464 g/mol. The first kappa shape index (κ1) is 23.2. The van der Waals surface area contributed by atoms with Crippen molar-refractivity contribution in [3.8, 4) is 22.3 Å². The highest BCUT2D eigenvalue weighted by Gasteiger charge is 2.23. The predicted molar refractivity (Wildman–Crippen MR) is 132 cm³/mol. The van der Waals surface area contributed by atoms with Crippen LogP contribution in [0, 0.1) is 0 Å². The number of nitrogens with one attached hydrogen (secondary N) is 2. The standard InChI is InChI=1S/C26H28N2O4S/c1-2-31-26(30)24-22(20-12-10-19(11-13-20)18-7-4-3-5-8-18)17-33-25(24)28-23(29)16-27-15-21-9-6-14-32-21/h3-5,7-8,10-13,17,21,27H,2,6,9,14-16H2,1H3,(H,28,29)/t21-/m1/s1. The molecule has 4 rings (SSSR count). The molecule has 0 bridgehead atoms. The van der Waals surface area contributed by atoms with Gasteiger partial charge >= 0.3 is 5.97 Å². The maximum absolute atomic E-state index is 12.8. The zero-order valence-corrected chi connectivity index (χ0v) is 19.5. The third-order valence-electron chi connectivity index (χ3n) is 5.51. The number of hydrogen-bond donors (Lipinski definition) is 2. The molecule has 0 spiro atoms. The van der Waals surface area contributed by atoms with Crippen LogP contribution in [0.4, 0.5) is 5.00 Å². The normalized spacial score (nSPS) is 15.4. The lowest BCUT2D eigenvalue weighted by Gasteiger charge is -2.11. The van der Waals surface area contributed by atoms with Crippen LogP contribution in [0.15, 0.2) is 60.0 Å². The fourth-order valence-corrected chi connectivity index (χ4v) is 4.84. The second-order valence-electron chi connectivity index (χ2n) is 7.83. The molecule has 2 heterocycles. The van der Waals surface area contributed by atoms with Gasteiger partial charge in [0, 0.05) is 24.1 Å². The molecule has 1 aliphatic heterocycles. The van der Waals surface area contributed by atoms with E-state index in [0.717, 1.165) is 41.7 Å². The van der Waals surface area contributed by atoms with E-state index in [4.69, 9.17) is 9.47 Å². The first-order valence-corrected chi connectivity index (χ1v) is 12.1. The topological polar surface area (TPSA) is 76.7 Å². The van der Waals surface area contributed by atoms with Gasteiger partial charge in [0.15, 0.2) is 0 Å². The zero-order chi connectivity index (χ0) is 23.0. The largest absolute Gasteiger partial charge is 0.462 e. The highest BCUT2D eigenvalue weighted by atomic mass is 32.1. The number of rotatable bonds is 9. The molecule has 0 aliphatic carbocycles. The summed E-state index contributed by atoms with van der Waals surface area (Å²) in [7, 11) is 0. The lowest BCUT2D eigenvalue weighted by Crippen LogP contribution is -2.33. The molecule has 33 heavy (non-hydrogen) atoms. The number of carbonyl (C=O) groups is 2. The van der Waals surface area contributed by atoms with Gasteiger partial charge in [-0.15, -0.1) is 11.3 Å². The first-order valence-electron chi connectivity index (χ1n) is 11.2. The van der Waals surface area contributed by atoms with Gasteiger partial charge in [-0.2, -0.15) is 0 Å². The molecule has 2 N–H and O–H groups in total. The van der Waals surface area contributed by atoms with E-state index in [1.54, 1.807) is 6.92 Å². The number of benzene rings is 2. The smallest absolute Gasteiger partial charge is 0.341 e. The van der Waals surface area contributed by atoms with E-state index in [-0.39, 0.29) is 25.2 Å². The molecule has 172 valence electrons. The minimum absolute atomic E-state index is 0.154. The molecule has 6 nitrogen and oxygen atoms in total. The highest BCUT2D eigenvalue weighted by Crippen LogP contribution is 2.37. The van der Waals surface area contributed by atoms with Gasteiger partial charge in [-0.1, -0.05) is 54.6 Å². The number of hydrogen-bond acceptors (Lipinski definition) is 6. The molecule has 7 heteroatoms. The molecule has 0 saturated carbocycles. The van der Waals surface area contributed by atoms with Crippen LogP contribution in [0.5, 0.6) is 0 Å². The van der Waals surface area contributed by atoms with Gasteiger partial charge in [0.25, 0.3) is 0 Å². The fraction of sp³-hybridized carbons (Fsp3) is 0.308. The van der Waals surface area contributed by atoms with Crippen LogP contribution >= 0.6 is 11.3 Å². The summed E-state index contributed by atoms with van der Waals surface area (Å²) in [6, 6.07) is 18.2. The zero-order valence-electron chi connectivity index (χ0n) is 18.6. The summed E-state index contributed by atoms with van der Waals surface area (Å²) in [4.78, 5) is 25.3. The third-order valence-corrected chi connectivity index (χ3v) is 6.40. The van der Waals surface area contributed by atoms with E-state index in [1.807, 2.05) is 47.8 Å². The minimum Gasteiger partial charge on any atom is -0.462 e. The van der Waals surface area contributed by atoms with Crippen LogP contribution in [0.2, 0.25) is 0 Å². The van der Waals surface area contributed by atoms with Gasteiger partial charge in [-0.3, -0.25) is 4.79 Å². The van der Waals surface area contributed by atoms with E-state index in [9.17, 15) is 9.59 Å². The number of esters is 1. The molecule has 1 aliphatic rings. The Morgan fingerprint density at radius 2 is 1.79 bits per heavy atom. The van der Waals surface area contributed by atoms with E-state index < -0.39 is 5.97 Å². The first-order chi connectivity index (χ1) is 16.2. The van der Waals surface area contributed by atoms with E-state index in [2.05, 4.69) is 22.8 Å². The molecule has 2 aromatic carbocycles. The number of amides is 1. The fourth-order valence-electron chi connectivity index (χ4n) is 3.86. The summed E-state index contributed by atoms with van der Waals surface area (Å²) in [5.41, 5.74) is 4.26. The van der Waals surface area contributed by atoms with Crippen LogP contribution in [0.3, 0.4) is 0 Å². The number of thiophene rings is 1. The van der Waals surface area contributed by atoms with Crippen molar-refractivity contribution in [3.63, 3.8) is 0 Å². The summed E-state index contributed by atoms with van der Waals surface area (Å²) >= 11 is 1.33. The quantitative estimate of drug-likeness (QED) is 0.438. The van der Waals surface area contributed by atoms with Crippen LogP contribution in [-0.4, -0.2) is 44.3 Å². The van der Waals surface area contributed by atoms with Crippen molar-refractivity contribution in [1.29, 1.82) is 0 Å². The van der Waals surface area contributed by atoms with Gasteiger partial charge in [-0.05, 0) is 36.5 Å². The lowest BCUT2D eigenvalue weighted by atomic mass is 9.99. The highest BCUT2D eigenvalue weighted by molar-refractivity contribution is 7.15. The second kappa shape index (κ2) is 11.2. The van der Waals surface area contributed by atoms with E-state index in [1.165, 1.54) is 11.3 Å². The minimum atomic E-state index is -0.441. The van der Waals surface area contributed by atoms with Crippen molar-refractivity contribution < 1.29 is 19.1 Å². The van der Waals surface area contributed by atoms with Crippen LogP contribution in [0.25, 0.3) is 22.3 Å². The Morgan fingerprint density at radius 1 is 1.06 bits per heavy atom. The average Bonchev–Trinajstić information content (AvgIpc) is 3.50. The van der Waals surface area contributed by atoms with Crippen LogP contribution in [-0.2, 0) is 14.3 Å². The second-order valence-corrected chi connectivity index (χ2v) is 8.71. The third kappa shape index (κ3) is 5.87. The Labute approximate surface area is 197 Å². The lowest BCUT2D eigenvalue weighted by molar-refractivity contribution is -0.115. The molecular formula is C26H28N2O4S. The molecule has 3 aromatic rings.